The Hall–Kier alpha value is -1.56. The third-order valence-electron chi connectivity index (χ3n) is 2.85. The van der Waals surface area contributed by atoms with Gasteiger partial charge in [-0.2, -0.15) is 0 Å². The van der Waals surface area contributed by atoms with E-state index in [1.165, 1.54) is 11.8 Å². The van der Waals surface area contributed by atoms with Crippen molar-refractivity contribution in [2.45, 2.75) is 0 Å². The van der Waals surface area contributed by atoms with Crippen LogP contribution in [0.5, 0.6) is 0 Å². The Balaban J connectivity index is 1.82. The second-order valence-electron chi connectivity index (χ2n) is 4.51. The van der Waals surface area contributed by atoms with Gasteiger partial charge in [-0.25, -0.2) is 4.99 Å². The van der Waals surface area contributed by atoms with Crippen LogP contribution < -0.4 is 5.32 Å². The first kappa shape index (κ1) is 15.3. The molecule has 0 unspecified atom stereocenters. The van der Waals surface area contributed by atoms with Crippen LogP contribution in [0.4, 0.5) is 5.69 Å². The van der Waals surface area contributed by atoms with Crippen molar-refractivity contribution < 1.29 is 4.79 Å². The first-order chi connectivity index (χ1) is 10.6. The van der Waals surface area contributed by atoms with E-state index in [0.29, 0.717) is 15.1 Å². The monoisotopic (exact) mass is 392 g/mol. The number of nitrogens with one attached hydrogen (secondary N) is 1. The van der Waals surface area contributed by atoms with Crippen LogP contribution in [-0.2, 0) is 4.79 Å². The summed E-state index contributed by atoms with van der Waals surface area (Å²) >= 11 is 10.6. The summed E-state index contributed by atoms with van der Waals surface area (Å²) in [6.07, 6.45) is 1.84. The molecule has 1 aliphatic heterocycles. The Morgan fingerprint density at radius 2 is 1.95 bits per heavy atom. The van der Waals surface area contributed by atoms with Gasteiger partial charge < -0.3 is 5.32 Å². The average molecular weight is 394 g/mol. The first-order valence-electron chi connectivity index (χ1n) is 6.41. The fourth-order valence-electron chi connectivity index (χ4n) is 1.86. The van der Waals surface area contributed by atoms with Crippen molar-refractivity contribution in [3.63, 3.8) is 0 Å². The van der Waals surface area contributed by atoms with E-state index in [0.717, 1.165) is 15.7 Å². The molecule has 0 saturated carbocycles. The minimum absolute atomic E-state index is 0.141. The van der Waals surface area contributed by atoms with Gasteiger partial charge in [-0.3, -0.25) is 4.79 Å². The van der Waals surface area contributed by atoms with E-state index < -0.39 is 0 Å². The predicted molar refractivity (Wildman–Crippen MR) is 96.4 cm³/mol. The third kappa shape index (κ3) is 3.80. The van der Waals surface area contributed by atoms with E-state index in [1.54, 1.807) is 24.3 Å². The normalized spacial score (nSPS) is 18.0. The molecule has 1 heterocycles. The molecule has 0 aliphatic carbocycles. The van der Waals surface area contributed by atoms with Crippen molar-refractivity contribution in [1.82, 2.24) is 5.32 Å². The van der Waals surface area contributed by atoms with Gasteiger partial charge in [0.2, 0.25) is 0 Å². The molecule has 0 radical (unpaired) electrons. The molecule has 22 heavy (non-hydrogen) atoms. The molecule has 0 aromatic heterocycles. The third-order valence-corrected chi connectivity index (χ3v) is 4.51. The molecule has 6 heteroatoms. The van der Waals surface area contributed by atoms with Crippen LogP contribution >= 0.6 is 39.3 Å². The summed E-state index contributed by atoms with van der Waals surface area (Å²) in [7, 11) is 0. The molecule has 110 valence electrons. The largest absolute Gasteiger partial charge is 0.300 e. The van der Waals surface area contributed by atoms with E-state index in [2.05, 4.69) is 26.2 Å². The number of nitrogens with zero attached hydrogens (tertiary/aromatic N) is 1. The molecule has 1 amide bonds. The van der Waals surface area contributed by atoms with Crippen molar-refractivity contribution in [3.8, 4) is 0 Å². The topological polar surface area (TPSA) is 41.5 Å². The first-order valence-corrected chi connectivity index (χ1v) is 8.40. The number of thioether (sulfide) groups is 1. The summed E-state index contributed by atoms with van der Waals surface area (Å²) in [5.41, 5.74) is 1.70. The van der Waals surface area contributed by atoms with E-state index in [4.69, 9.17) is 11.6 Å². The van der Waals surface area contributed by atoms with Gasteiger partial charge >= 0.3 is 0 Å². The highest BCUT2D eigenvalue weighted by Gasteiger charge is 2.23. The summed E-state index contributed by atoms with van der Waals surface area (Å²) in [6.45, 7) is 0. The van der Waals surface area contributed by atoms with Crippen molar-refractivity contribution in [2.75, 3.05) is 0 Å². The zero-order valence-electron chi connectivity index (χ0n) is 11.2. The number of benzene rings is 2. The SMILES string of the molecule is O=C1NC(=Nc2ccc(Cl)cc2)SC1=Cc1cccc(Br)c1. The minimum atomic E-state index is -0.141. The second-order valence-corrected chi connectivity index (χ2v) is 6.90. The lowest BCUT2D eigenvalue weighted by Crippen LogP contribution is -2.19. The zero-order chi connectivity index (χ0) is 15.5. The quantitative estimate of drug-likeness (QED) is 0.730. The highest BCUT2D eigenvalue weighted by Crippen LogP contribution is 2.28. The van der Waals surface area contributed by atoms with Crippen LogP contribution in [0.15, 0.2) is 62.9 Å². The number of amides is 1. The number of hydrogen-bond donors (Lipinski definition) is 1. The van der Waals surface area contributed by atoms with Gasteiger partial charge in [-0.05, 0) is 59.8 Å². The van der Waals surface area contributed by atoms with Crippen LogP contribution in [0.3, 0.4) is 0 Å². The predicted octanol–water partition coefficient (Wildman–Crippen LogP) is 4.99. The Morgan fingerprint density at radius 1 is 1.18 bits per heavy atom. The van der Waals surface area contributed by atoms with Gasteiger partial charge in [0.05, 0.1) is 10.6 Å². The van der Waals surface area contributed by atoms with Crippen molar-refractivity contribution in [1.29, 1.82) is 0 Å². The smallest absolute Gasteiger partial charge is 0.264 e. The maximum atomic E-state index is 12.0. The number of aliphatic imine (C=N–C) groups is 1. The maximum Gasteiger partial charge on any atom is 0.264 e. The van der Waals surface area contributed by atoms with Gasteiger partial charge in [-0.15, -0.1) is 0 Å². The zero-order valence-corrected chi connectivity index (χ0v) is 14.4. The number of carbonyl (C=O) groups excluding carboxylic acids is 1. The summed E-state index contributed by atoms with van der Waals surface area (Å²) in [5.74, 6) is -0.141. The van der Waals surface area contributed by atoms with Crippen molar-refractivity contribution in [3.05, 3.63) is 68.5 Å². The highest BCUT2D eigenvalue weighted by atomic mass is 79.9. The highest BCUT2D eigenvalue weighted by molar-refractivity contribution is 9.10. The fraction of sp³-hybridized carbons (Fsp3) is 0. The molecule has 1 saturated heterocycles. The molecule has 0 bridgehead atoms. The van der Waals surface area contributed by atoms with Gasteiger partial charge in [0, 0.05) is 9.50 Å². The number of carbonyl (C=O) groups is 1. The lowest BCUT2D eigenvalue weighted by molar-refractivity contribution is -0.115. The minimum Gasteiger partial charge on any atom is -0.300 e. The van der Waals surface area contributed by atoms with Crippen molar-refractivity contribution in [2.24, 2.45) is 4.99 Å². The van der Waals surface area contributed by atoms with E-state index >= 15 is 0 Å². The van der Waals surface area contributed by atoms with E-state index in [-0.39, 0.29) is 5.91 Å². The van der Waals surface area contributed by atoms with Gasteiger partial charge in [0.15, 0.2) is 5.17 Å². The summed E-state index contributed by atoms with van der Waals surface area (Å²) < 4.78 is 0.973. The van der Waals surface area contributed by atoms with Crippen LogP contribution in [0.25, 0.3) is 6.08 Å². The maximum absolute atomic E-state index is 12.0. The molecule has 3 nitrogen and oxygen atoms in total. The molecule has 2 aromatic rings. The summed E-state index contributed by atoms with van der Waals surface area (Å²) in [6, 6.07) is 14.9. The molecule has 1 fully saturated rings. The molecule has 0 atom stereocenters. The fourth-order valence-corrected chi connectivity index (χ4v) is 3.25. The van der Waals surface area contributed by atoms with Gasteiger partial charge in [0.1, 0.15) is 0 Å². The number of amidine groups is 1. The molecule has 1 aliphatic rings. The van der Waals surface area contributed by atoms with Crippen LogP contribution in [0, 0.1) is 0 Å². The Morgan fingerprint density at radius 3 is 2.68 bits per heavy atom. The molecular weight excluding hydrogens is 384 g/mol. The van der Waals surface area contributed by atoms with Crippen LogP contribution in [-0.4, -0.2) is 11.1 Å². The molecule has 0 spiro atoms. The average Bonchev–Trinajstić information content (AvgIpc) is 2.81. The summed E-state index contributed by atoms with van der Waals surface area (Å²) in [4.78, 5) is 17.0. The van der Waals surface area contributed by atoms with Crippen LogP contribution in [0.1, 0.15) is 5.56 Å². The number of hydrogen-bond acceptors (Lipinski definition) is 3. The lowest BCUT2D eigenvalue weighted by Gasteiger charge is -1.96. The number of halogens is 2. The standard InChI is InChI=1S/C16H10BrClN2OS/c17-11-3-1-2-10(8-11)9-14-15(21)20-16(22-14)19-13-6-4-12(18)5-7-13/h1-9H,(H,19,20,21). The summed E-state index contributed by atoms with van der Waals surface area (Å²) in [5, 5.41) is 3.98. The molecule has 2 aromatic carbocycles. The lowest BCUT2D eigenvalue weighted by atomic mass is 10.2. The number of rotatable bonds is 2. The Labute approximate surface area is 145 Å². The van der Waals surface area contributed by atoms with Crippen molar-refractivity contribution >= 4 is 62.1 Å². The van der Waals surface area contributed by atoms with Crippen LogP contribution in [0.2, 0.25) is 5.02 Å². The van der Waals surface area contributed by atoms with Gasteiger partial charge in [-0.1, -0.05) is 39.7 Å². The van der Waals surface area contributed by atoms with E-state index in [9.17, 15) is 4.79 Å². The van der Waals surface area contributed by atoms with E-state index in [1.807, 2.05) is 30.3 Å². The molecule has 1 N–H and O–H groups in total. The second kappa shape index (κ2) is 6.69. The van der Waals surface area contributed by atoms with Gasteiger partial charge in [0.25, 0.3) is 5.91 Å². The molecular formula is C16H10BrClN2OS. The molecule has 3 rings (SSSR count). The Bertz CT molecular complexity index is 787. The Kier molecular flexibility index (Phi) is 4.66.